The summed E-state index contributed by atoms with van der Waals surface area (Å²) in [4.78, 5) is -0.194. The maximum Gasteiger partial charge on any atom is 0.239 e. The molecule has 0 aliphatic rings. The third-order valence-electron chi connectivity index (χ3n) is 1.85. The maximum atomic E-state index is 11.2. The summed E-state index contributed by atoms with van der Waals surface area (Å²) in [6.07, 6.45) is 0. The zero-order valence-electron chi connectivity index (χ0n) is 7.48. The van der Waals surface area contributed by atoms with Crippen molar-refractivity contribution in [3.8, 4) is 6.07 Å². The molecule has 1 aromatic carbocycles. The van der Waals surface area contributed by atoms with E-state index in [4.69, 9.17) is 16.1 Å². The van der Waals surface area contributed by atoms with Crippen molar-refractivity contribution < 1.29 is 8.42 Å². The Morgan fingerprint density at radius 2 is 2.00 bits per heavy atom. The molecule has 0 amide bonds. The SMILES string of the molecule is Cc1c(N)ccc(C#N)c1S(N)(=O)=O. The Bertz CT molecular complexity index is 514. The highest BCUT2D eigenvalue weighted by Crippen LogP contribution is 2.23. The summed E-state index contributed by atoms with van der Waals surface area (Å²) in [6.45, 7) is 1.51. The van der Waals surface area contributed by atoms with Crippen LogP contribution in [-0.2, 0) is 10.0 Å². The molecule has 4 N–H and O–H groups in total. The molecule has 0 aliphatic carbocycles. The molecular formula is C8H9N3O2S. The van der Waals surface area contributed by atoms with Crippen LogP contribution in [-0.4, -0.2) is 8.42 Å². The van der Waals surface area contributed by atoms with Crippen molar-refractivity contribution in [3.63, 3.8) is 0 Å². The topological polar surface area (TPSA) is 110 Å². The summed E-state index contributed by atoms with van der Waals surface area (Å²) in [5, 5.41) is 13.7. The van der Waals surface area contributed by atoms with Gasteiger partial charge in [-0.1, -0.05) is 0 Å². The van der Waals surface area contributed by atoms with Crippen LogP contribution >= 0.6 is 0 Å². The van der Waals surface area contributed by atoms with Crippen LogP contribution in [0.1, 0.15) is 11.1 Å². The molecule has 0 heterocycles. The number of nitrogen functional groups attached to an aromatic ring is 1. The van der Waals surface area contributed by atoms with E-state index in [1.54, 1.807) is 6.07 Å². The number of nitrogens with zero attached hydrogens (tertiary/aromatic N) is 1. The van der Waals surface area contributed by atoms with Gasteiger partial charge in [0.1, 0.15) is 11.0 Å². The quantitative estimate of drug-likeness (QED) is 0.641. The molecule has 0 aliphatic heterocycles. The van der Waals surface area contributed by atoms with Crippen LogP contribution in [0.5, 0.6) is 0 Å². The van der Waals surface area contributed by atoms with Crippen molar-refractivity contribution in [2.75, 3.05) is 5.73 Å². The van der Waals surface area contributed by atoms with Crippen molar-refractivity contribution >= 4 is 15.7 Å². The number of hydrogen-bond acceptors (Lipinski definition) is 4. The van der Waals surface area contributed by atoms with E-state index in [1.807, 2.05) is 0 Å². The molecule has 0 atom stereocenters. The number of sulfonamides is 1. The molecule has 0 radical (unpaired) electrons. The van der Waals surface area contributed by atoms with Gasteiger partial charge in [0.05, 0.1) is 5.56 Å². The zero-order chi connectivity index (χ0) is 10.9. The Balaban J connectivity index is 3.72. The molecule has 0 saturated heterocycles. The summed E-state index contributed by atoms with van der Waals surface area (Å²) >= 11 is 0. The fourth-order valence-corrected chi connectivity index (χ4v) is 2.13. The van der Waals surface area contributed by atoms with E-state index in [1.165, 1.54) is 19.1 Å². The normalized spacial score (nSPS) is 10.9. The van der Waals surface area contributed by atoms with Gasteiger partial charge in [0.15, 0.2) is 0 Å². The molecule has 0 saturated carbocycles. The average molecular weight is 211 g/mol. The van der Waals surface area contributed by atoms with Gasteiger partial charge >= 0.3 is 0 Å². The highest BCUT2D eigenvalue weighted by molar-refractivity contribution is 7.89. The average Bonchev–Trinajstić information content (AvgIpc) is 2.07. The molecule has 0 fully saturated rings. The minimum Gasteiger partial charge on any atom is -0.398 e. The Labute approximate surface area is 82.0 Å². The summed E-state index contributed by atoms with van der Waals surface area (Å²) in [7, 11) is -3.90. The molecular weight excluding hydrogens is 202 g/mol. The van der Waals surface area contributed by atoms with Crippen LogP contribution in [0.2, 0.25) is 0 Å². The van der Waals surface area contributed by atoms with Crippen molar-refractivity contribution in [1.29, 1.82) is 5.26 Å². The van der Waals surface area contributed by atoms with Gasteiger partial charge in [-0.3, -0.25) is 0 Å². The van der Waals surface area contributed by atoms with E-state index >= 15 is 0 Å². The molecule has 74 valence electrons. The van der Waals surface area contributed by atoms with Crippen molar-refractivity contribution in [2.24, 2.45) is 5.14 Å². The van der Waals surface area contributed by atoms with Gasteiger partial charge < -0.3 is 5.73 Å². The maximum absolute atomic E-state index is 11.2. The van der Waals surface area contributed by atoms with Gasteiger partial charge in [-0.05, 0) is 24.6 Å². The number of rotatable bonds is 1. The Morgan fingerprint density at radius 3 is 2.43 bits per heavy atom. The first kappa shape index (κ1) is 10.5. The molecule has 6 heteroatoms. The first-order valence-electron chi connectivity index (χ1n) is 3.70. The molecule has 0 bridgehead atoms. The predicted molar refractivity (Wildman–Crippen MR) is 51.7 cm³/mol. The fourth-order valence-electron chi connectivity index (χ4n) is 1.16. The lowest BCUT2D eigenvalue weighted by molar-refractivity contribution is 0.597. The van der Waals surface area contributed by atoms with Gasteiger partial charge in [0.25, 0.3) is 0 Å². The van der Waals surface area contributed by atoms with Gasteiger partial charge in [0, 0.05) is 5.69 Å². The zero-order valence-corrected chi connectivity index (χ0v) is 8.30. The van der Waals surface area contributed by atoms with E-state index in [0.29, 0.717) is 11.3 Å². The van der Waals surface area contributed by atoms with E-state index in [-0.39, 0.29) is 10.5 Å². The summed E-state index contributed by atoms with van der Waals surface area (Å²) in [5.74, 6) is 0. The van der Waals surface area contributed by atoms with E-state index in [2.05, 4.69) is 0 Å². The number of hydrogen-bond donors (Lipinski definition) is 2. The Morgan fingerprint density at radius 1 is 1.43 bits per heavy atom. The molecule has 0 spiro atoms. The predicted octanol–water partition coefficient (Wildman–Crippen LogP) is 0.0963. The van der Waals surface area contributed by atoms with Crippen LogP contribution in [0.4, 0.5) is 5.69 Å². The van der Waals surface area contributed by atoms with Gasteiger partial charge in [-0.2, -0.15) is 5.26 Å². The first-order valence-corrected chi connectivity index (χ1v) is 5.24. The lowest BCUT2D eigenvalue weighted by Crippen LogP contribution is -2.16. The smallest absolute Gasteiger partial charge is 0.239 e. The first-order chi connectivity index (χ1) is 6.38. The van der Waals surface area contributed by atoms with Crippen LogP contribution in [0, 0.1) is 18.3 Å². The number of anilines is 1. The highest BCUT2D eigenvalue weighted by Gasteiger charge is 2.18. The van der Waals surface area contributed by atoms with Gasteiger partial charge in [-0.25, -0.2) is 13.6 Å². The van der Waals surface area contributed by atoms with Crippen LogP contribution in [0.25, 0.3) is 0 Å². The van der Waals surface area contributed by atoms with Crippen LogP contribution in [0.15, 0.2) is 17.0 Å². The molecule has 1 rings (SSSR count). The lowest BCUT2D eigenvalue weighted by atomic mass is 10.1. The fraction of sp³-hybridized carbons (Fsp3) is 0.125. The molecule has 1 aromatic rings. The van der Waals surface area contributed by atoms with E-state index in [0.717, 1.165) is 0 Å². The van der Waals surface area contributed by atoms with E-state index < -0.39 is 10.0 Å². The third kappa shape index (κ3) is 1.69. The number of nitrogens with two attached hydrogens (primary N) is 2. The monoisotopic (exact) mass is 211 g/mol. The number of benzene rings is 1. The number of nitriles is 1. The second kappa shape index (κ2) is 3.29. The molecule has 0 unspecified atom stereocenters. The minimum atomic E-state index is -3.90. The molecule has 14 heavy (non-hydrogen) atoms. The van der Waals surface area contributed by atoms with Crippen molar-refractivity contribution in [2.45, 2.75) is 11.8 Å². The Kier molecular flexibility index (Phi) is 2.47. The lowest BCUT2D eigenvalue weighted by Gasteiger charge is -2.07. The van der Waals surface area contributed by atoms with Crippen molar-refractivity contribution in [3.05, 3.63) is 23.3 Å². The minimum absolute atomic E-state index is 0.0131. The Hall–Kier alpha value is -1.58. The van der Waals surface area contributed by atoms with Gasteiger partial charge in [0.2, 0.25) is 10.0 Å². The molecule has 5 nitrogen and oxygen atoms in total. The highest BCUT2D eigenvalue weighted by atomic mass is 32.2. The van der Waals surface area contributed by atoms with Crippen molar-refractivity contribution in [1.82, 2.24) is 0 Å². The summed E-state index contributed by atoms with van der Waals surface area (Å²) < 4.78 is 22.3. The largest absolute Gasteiger partial charge is 0.398 e. The molecule has 0 aromatic heterocycles. The number of primary sulfonamides is 1. The second-order valence-corrected chi connectivity index (χ2v) is 4.31. The summed E-state index contributed by atoms with van der Waals surface area (Å²) in [5.41, 5.74) is 6.14. The standard InChI is InChI=1S/C8H9N3O2S/c1-5-7(10)3-2-6(4-9)8(5)14(11,12)13/h2-3H,10H2,1H3,(H2,11,12,13). The van der Waals surface area contributed by atoms with Gasteiger partial charge in [-0.15, -0.1) is 0 Å². The van der Waals surface area contributed by atoms with Crippen LogP contribution < -0.4 is 10.9 Å². The second-order valence-electron chi connectivity index (χ2n) is 2.81. The van der Waals surface area contributed by atoms with E-state index in [9.17, 15) is 8.42 Å². The summed E-state index contributed by atoms with van der Waals surface area (Å²) in [6, 6.07) is 4.57. The third-order valence-corrected chi connectivity index (χ3v) is 2.95. The van der Waals surface area contributed by atoms with Crippen LogP contribution in [0.3, 0.4) is 0 Å².